The lowest BCUT2D eigenvalue weighted by Gasteiger charge is -2.19. The number of amides is 1. The van der Waals surface area contributed by atoms with Crippen LogP contribution in [0.4, 0.5) is 11.5 Å². The Labute approximate surface area is 124 Å². The number of aromatic nitrogens is 2. The van der Waals surface area contributed by atoms with Gasteiger partial charge in [-0.1, -0.05) is 24.3 Å². The maximum atomic E-state index is 12.0. The van der Waals surface area contributed by atoms with E-state index in [1.165, 1.54) is 0 Å². The number of hydrogen-bond acceptors (Lipinski definition) is 4. The predicted molar refractivity (Wildman–Crippen MR) is 83.8 cm³/mol. The molecule has 0 saturated carbocycles. The molecule has 0 aliphatic carbocycles. The van der Waals surface area contributed by atoms with Gasteiger partial charge < -0.3 is 10.2 Å². The second kappa shape index (κ2) is 6.65. The number of hydrogen-bond donors (Lipinski definition) is 1. The van der Waals surface area contributed by atoms with Crippen LogP contribution in [-0.4, -0.2) is 29.5 Å². The summed E-state index contributed by atoms with van der Waals surface area (Å²) in [7, 11) is 1.91. The van der Waals surface area contributed by atoms with Crippen molar-refractivity contribution >= 4 is 17.4 Å². The minimum absolute atomic E-state index is 0.233. The van der Waals surface area contributed by atoms with Crippen LogP contribution in [-0.2, 0) is 0 Å². The number of nitrogens with one attached hydrogen (secondary N) is 1. The number of para-hydroxylation sites is 1. The number of nitrogens with zero attached hydrogens (tertiary/aromatic N) is 3. The minimum Gasteiger partial charge on any atom is -0.347 e. The van der Waals surface area contributed by atoms with Gasteiger partial charge in [0.1, 0.15) is 17.3 Å². The third-order valence-corrected chi connectivity index (χ3v) is 2.95. The van der Waals surface area contributed by atoms with Crippen LogP contribution < -0.4 is 10.2 Å². The Morgan fingerprint density at radius 1 is 1.33 bits per heavy atom. The summed E-state index contributed by atoms with van der Waals surface area (Å²) >= 11 is 0. The molecule has 2 rings (SSSR count). The number of carbonyl (C=O) groups is 1. The fourth-order valence-electron chi connectivity index (χ4n) is 1.88. The van der Waals surface area contributed by atoms with Gasteiger partial charge in [-0.15, -0.1) is 6.58 Å². The Morgan fingerprint density at radius 2 is 2.05 bits per heavy atom. The van der Waals surface area contributed by atoms with Gasteiger partial charge in [0.15, 0.2) is 0 Å². The fraction of sp³-hybridized carbons (Fsp3) is 0.188. The zero-order valence-corrected chi connectivity index (χ0v) is 12.2. The summed E-state index contributed by atoms with van der Waals surface area (Å²) in [5.74, 6) is 1.000. The van der Waals surface area contributed by atoms with Crippen LogP contribution in [0.5, 0.6) is 0 Å². The van der Waals surface area contributed by atoms with Crippen molar-refractivity contribution in [3.05, 3.63) is 60.6 Å². The van der Waals surface area contributed by atoms with E-state index in [0.29, 0.717) is 23.9 Å². The van der Waals surface area contributed by atoms with E-state index < -0.39 is 0 Å². The van der Waals surface area contributed by atoms with Gasteiger partial charge in [-0.2, -0.15) is 0 Å². The van der Waals surface area contributed by atoms with Crippen molar-refractivity contribution in [2.24, 2.45) is 0 Å². The van der Waals surface area contributed by atoms with Crippen molar-refractivity contribution < 1.29 is 4.79 Å². The first-order chi connectivity index (χ1) is 10.1. The van der Waals surface area contributed by atoms with E-state index in [1.54, 1.807) is 19.1 Å². The quantitative estimate of drug-likeness (QED) is 0.856. The van der Waals surface area contributed by atoms with E-state index in [0.717, 1.165) is 5.69 Å². The fourth-order valence-corrected chi connectivity index (χ4v) is 1.88. The molecule has 108 valence electrons. The van der Waals surface area contributed by atoms with Crippen molar-refractivity contribution in [3.63, 3.8) is 0 Å². The van der Waals surface area contributed by atoms with Crippen LogP contribution >= 0.6 is 0 Å². The van der Waals surface area contributed by atoms with Crippen LogP contribution in [0.2, 0.25) is 0 Å². The summed E-state index contributed by atoms with van der Waals surface area (Å²) in [6.07, 6.45) is 1.63. The molecule has 0 radical (unpaired) electrons. The Hall–Kier alpha value is -2.69. The molecule has 5 heteroatoms. The number of benzene rings is 1. The van der Waals surface area contributed by atoms with Crippen LogP contribution in [0, 0.1) is 6.92 Å². The second-order valence-corrected chi connectivity index (χ2v) is 4.55. The topological polar surface area (TPSA) is 58.1 Å². The summed E-state index contributed by atoms with van der Waals surface area (Å²) in [6.45, 7) is 5.75. The average Bonchev–Trinajstić information content (AvgIpc) is 2.52. The molecule has 1 heterocycles. The van der Waals surface area contributed by atoms with E-state index >= 15 is 0 Å². The van der Waals surface area contributed by atoms with E-state index in [9.17, 15) is 4.79 Å². The SMILES string of the molecule is C=CCNC(=O)c1cc(N(C)c2ccccc2)nc(C)n1. The smallest absolute Gasteiger partial charge is 0.270 e. The largest absolute Gasteiger partial charge is 0.347 e. The molecule has 1 aromatic heterocycles. The molecule has 1 aromatic carbocycles. The molecular weight excluding hydrogens is 264 g/mol. The van der Waals surface area contributed by atoms with Gasteiger partial charge in [0.05, 0.1) is 0 Å². The molecule has 1 amide bonds. The molecule has 2 aromatic rings. The van der Waals surface area contributed by atoms with Gasteiger partial charge in [-0.3, -0.25) is 4.79 Å². The van der Waals surface area contributed by atoms with E-state index in [2.05, 4.69) is 21.9 Å². The maximum absolute atomic E-state index is 12.0. The van der Waals surface area contributed by atoms with Crippen LogP contribution in [0.3, 0.4) is 0 Å². The molecule has 0 aliphatic rings. The summed E-state index contributed by atoms with van der Waals surface area (Å²) < 4.78 is 0. The minimum atomic E-state index is -0.233. The molecule has 0 atom stereocenters. The summed E-state index contributed by atoms with van der Waals surface area (Å²) in [6, 6.07) is 11.5. The monoisotopic (exact) mass is 282 g/mol. The third-order valence-electron chi connectivity index (χ3n) is 2.95. The second-order valence-electron chi connectivity index (χ2n) is 4.55. The number of aryl methyl sites for hydroxylation is 1. The average molecular weight is 282 g/mol. The summed E-state index contributed by atoms with van der Waals surface area (Å²) in [5, 5.41) is 2.72. The van der Waals surface area contributed by atoms with Crippen molar-refractivity contribution in [3.8, 4) is 0 Å². The highest BCUT2D eigenvalue weighted by atomic mass is 16.1. The Bertz CT molecular complexity index is 640. The molecule has 21 heavy (non-hydrogen) atoms. The Balaban J connectivity index is 2.30. The lowest BCUT2D eigenvalue weighted by molar-refractivity contribution is 0.0952. The van der Waals surface area contributed by atoms with E-state index in [4.69, 9.17) is 0 Å². The van der Waals surface area contributed by atoms with Gasteiger partial charge in [0, 0.05) is 25.3 Å². The first-order valence-electron chi connectivity index (χ1n) is 6.65. The van der Waals surface area contributed by atoms with Crippen LogP contribution in [0.15, 0.2) is 49.1 Å². The van der Waals surface area contributed by atoms with Crippen molar-refractivity contribution in [1.29, 1.82) is 0 Å². The van der Waals surface area contributed by atoms with Crippen molar-refractivity contribution in [2.75, 3.05) is 18.5 Å². The van der Waals surface area contributed by atoms with Gasteiger partial charge in [0.25, 0.3) is 5.91 Å². The van der Waals surface area contributed by atoms with Crippen molar-refractivity contribution in [2.45, 2.75) is 6.92 Å². The predicted octanol–water partition coefficient (Wildman–Crippen LogP) is 2.47. The van der Waals surface area contributed by atoms with Crippen LogP contribution in [0.25, 0.3) is 0 Å². The van der Waals surface area contributed by atoms with E-state index in [1.807, 2.05) is 42.3 Å². The molecular formula is C16H18N4O. The number of anilines is 2. The molecule has 0 spiro atoms. The normalized spacial score (nSPS) is 10.0. The van der Waals surface area contributed by atoms with E-state index in [-0.39, 0.29) is 5.91 Å². The first kappa shape index (κ1) is 14.7. The molecule has 0 bridgehead atoms. The van der Waals surface area contributed by atoms with Crippen molar-refractivity contribution in [1.82, 2.24) is 15.3 Å². The van der Waals surface area contributed by atoms with Gasteiger partial charge in [-0.25, -0.2) is 9.97 Å². The lowest BCUT2D eigenvalue weighted by Crippen LogP contribution is -2.25. The Morgan fingerprint density at radius 3 is 2.71 bits per heavy atom. The third kappa shape index (κ3) is 3.66. The molecule has 0 saturated heterocycles. The summed E-state index contributed by atoms with van der Waals surface area (Å²) in [5.41, 5.74) is 1.34. The molecule has 5 nitrogen and oxygen atoms in total. The molecule has 0 aliphatic heterocycles. The first-order valence-corrected chi connectivity index (χ1v) is 6.65. The Kier molecular flexibility index (Phi) is 4.66. The lowest BCUT2D eigenvalue weighted by atomic mass is 10.3. The highest BCUT2D eigenvalue weighted by Crippen LogP contribution is 2.21. The zero-order valence-electron chi connectivity index (χ0n) is 12.2. The molecule has 0 fully saturated rings. The highest BCUT2D eigenvalue weighted by molar-refractivity contribution is 5.93. The van der Waals surface area contributed by atoms with Gasteiger partial charge in [-0.05, 0) is 19.1 Å². The molecule has 0 unspecified atom stereocenters. The number of rotatable bonds is 5. The highest BCUT2D eigenvalue weighted by Gasteiger charge is 2.12. The van der Waals surface area contributed by atoms with Gasteiger partial charge in [0.2, 0.25) is 0 Å². The summed E-state index contributed by atoms with van der Waals surface area (Å²) in [4.78, 5) is 22.5. The van der Waals surface area contributed by atoms with Gasteiger partial charge >= 0.3 is 0 Å². The van der Waals surface area contributed by atoms with Crippen LogP contribution in [0.1, 0.15) is 16.3 Å². The standard InChI is InChI=1S/C16H18N4O/c1-4-10-17-16(21)14-11-15(19-12(2)18-14)20(3)13-8-6-5-7-9-13/h4-9,11H,1,10H2,2-3H3,(H,17,21). The maximum Gasteiger partial charge on any atom is 0.270 e. The zero-order chi connectivity index (χ0) is 15.2. The number of carbonyl (C=O) groups excluding carboxylic acids is 1. The molecule has 1 N–H and O–H groups in total.